The largest absolute Gasteiger partial charge is 0.378 e. The summed E-state index contributed by atoms with van der Waals surface area (Å²) in [4.78, 5) is 11.6. The normalized spacial score (nSPS) is 18.9. The molecule has 1 aromatic rings. The molecule has 0 aliphatic carbocycles. The number of benzene rings is 1. The summed E-state index contributed by atoms with van der Waals surface area (Å²) < 4.78 is 32.0. The van der Waals surface area contributed by atoms with E-state index in [2.05, 4.69) is 21.2 Å². The highest BCUT2D eigenvalue weighted by atomic mass is 79.9. The van der Waals surface area contributed by atoms with Crippen LogP contribution in [0.15, 0.2) is 16.6 Å². The van der Waals surface area contributed by atoms with Crippen molar-refractivity contribution in [3.05, 3.63) is 28.2 Å². The fourth-order valence-corrected chi connectivity index (χ4v) is 2.15. The fourth-order valence-electron chi connectivity index (χ4n) is 1.83. The summed E-state index contributed by atoms with van der Waals surface area (Å²) in [6, 6.07) is 1.93. The highest BCUT2D eigenvalue weighted by Crippen LogP contribution is 2.24. The lowest BCUT2D eigenvalue weighted by molar-refractivity contribution is -0.118. The minimum absolute atomic E-state index is 0.0251. The fraction of sp³-hybridized carbons (Fsp3) is 0.417. The maximum Gasteiger partial charge on any atom is 0.227 e. The number of halogens is 3. The van der Waals surface area contributed by atoms with Gasteiger partial charge in [0.15, 0.2) is 0 Å². The molecule has 18 heavy (non-hydrogen) atoms. The maximum absolute atomic E-state index is 13.5. The van der Waals surface area contributed by atoms with E-state index in [4.69, 9.17) is 4.74 Å². The number of rotatable bonds is 3. The molecule has 1 fully saturated rings. The summed E-state index contributed by atoms with van der Waals surface area (Å²) in [5, 5.41) is 2.35. The van der Waals surface area contributed by atoms with Crippen LogP contribution in [0.2, 0.25) is 0 Å². The smallest absolute Gasteiger partial charge is 0.227 e. The number of amides is 1. The summed E-state index contributed by atoms with van der Waals surface area (Å²) >= 11 is 2.87. The third kappa shape index (κ3) is 3.26. The number of ether oxygens (including phenoxy) is 1. The van der Waals surface area contributed by atoms with Crippen molar-refractivity contribution in [2.75, 3.05) is 11.9 Å². The first-order valence-corrected chi connectivity index (χ1v) is 6.41. The van der Waals surface area contributed by atoms with Gasteiger partial charge in [-0.2, -0.15) is 0 Å². The highest BCUT2D eigenvalue weighted by Gasteiger charge is 2.20. The second-order valence-corrected chi connectivity index (χ2v) is 4.99. The highest BCUT2D eigenvalue weighted by molar-refractivity contribution is 9.10. The molecule has 1 amide bonds. The Kier molecular flexibility index (Phi) is 4.29. The van der Waals surface area contributed by atoms with Gasteiger partial charge in [-0.15, -0.1) is 0 Å². The van der Waals surface area contributed by atoms with Gasteiger partial charge in [0.05, 0.1) is 22.7 Å². The second kappa shape index (κ2) is 5.75. The molecule has 0 spiro atoms. The third-order valence-corrected chi connectivity index (χ3v) is 3.33. The molecule has 1 aliphatic heterocycles. The first-order valence-electron chi connectivity index (χ1n) is 5.62. The minimum Gasteiger partial charge on any atom is -0.378 e. The van der Waals surface area contributed by atoms with E-state index in [1.165, 1.54) is 0 Å². The van der Waals surface area contributed by atoms with E-state index in [1.54, 1.807) is 0 Å². The van der Waals surface area contributed by atoms with E-state index in [-0.39, 0.29) is 28.6 Å². The Hall–Kier alpha value is -1.01. The van der Waals surface area contributed by atoms with Crippen LogP contribution in [0.25, 0.3) is 0 Å². The number of nitrogens with one attached hydrogen (secondary N) is 1. The third-order valence-electron chi connectivity index (χ3n) is 2.72. The number of hydrogen-bond acceptors (Lipinski definition) is 2. The second-order valence-electron chi connectivity index (χ2n) is 4.13. The first-order chi connectivity index (χ1) is 8.56. The van der Waals surface area contributed by atoms with Crippen molar-refractivity contribution < 1.29 is 18.3 Å². The van der Waals surface area contributed by atoms with Crippen LogP contribution in [-0.4, -0.2) is 18.6 Å². The van der Waals surface area contributed by atoms with Crippen LogP contribution in [-0.2, 0) is 9.53 Å². The number of carbonyl (C=O) groups is 1. The molecule has 6 heteroatoms. The van der Waals surface area contributed by atoms with Crippen LogP contribution in [0.5, 0.6) is 0 Å². The quantitative estimate of drug-likeness (QED) is 0.869. The van der Waals surface area contributed by atoms with Crippen LogP contribution >= 0.6 is 15.9 Å². The molecular formula is C12H12BrF2NO2. The molecule has 3 nitrogen and oxygen atoms in total. The molecule has 1 atom stereocenters. The van der Waals surface area contributed by atoms with Gasteiger partial charge in [0.1, 0.15) is 11.6 Å². The molecule has 0 bridgehead atoms. The summed E-state index contributed by atoms with van der Waals surface area (Å²) in [6.45, 7) is 0.652. The molecule has 1 saturated heterocycles. The lowest BCUT2D eigenvalue weighted by Crippen LogP contribution is -2.19. The van der Waals surface area contributed by atoms with E-state index in [0.29, 0.717) is 6.61 Å². The molecule has 1 N–H and O–H groups in total. The molecule has 2 rings (SSSR count). The molecular weight excluding hydrogens is 308 g/mol. The van der Waals surface area contributed by atoms with Crippen LogP contribution in [0.1, 0.15) is 19.3 Å². The molecule has 0 radical (unpaired) electrons. The van der Waals surface area contributed by atoms with E-state index in [9.17, 15) is 13.6 Å². The van der Waals surface area contributed by atoms with Crippen LogP contribution < -0.4 is 5.32 Å². The van der Waals surface area contributed by atoms with Gasteiger partial charge in [0.25, 0.3) is 0 Å². The summed E-state index contributed by atoms with van der Waals surface area (Å²) in [5.74, 6) is -1.67. The predicted octanol–water partition coefficient (Wildman–Crippen LogP) is 3.23. The van der Waals surface area contributed by atoms with Crippen molar-refractivity contribution in [2.45, 2.75) is 25.4 Å². The Morgan fingerprint density at radius 3 is 2.89 bits per heavy atom. The minimum atomic E-state index is -0.677. The molecule has 1 heterocycles. The zero-order valence-electron chi connectivity index (χ0n) is 9.51. The molecule has 1 aromatic carbocycles. The van der Waals surface area contributed by atoms with Gasteiger partial charge < -0.3 is 10.1 Å². The van der Waals surface area contributed by atoms with Gasteiger partial charge in [0, 0.05) is 12.7 Å². The SMILES string of the molecule is O=C(CC1CCCO1)Nc1cc(F)c(Br)cc1F. The Labute approximate surface area is 112 Å². The van der Waals surface area contributed by atoms with Gasteiger partial charge in [0.2, 0.25) is 5.91 Å². The standard InChI is InChI=1S/C12H12BrF2NO2/c13-8-5-10(15)11(6-9(8)14)16-12(17)4-7-2-1-3-18-7/h5-7H,1-4H2,(H,16,17). The molecule has 1 aliphatic rings. The van der Waals surface area contributed by atoms with E-state index in [0.717, 1.165) is 25.0 Å². The molecule has 0 aromatic heterocycles. The topological polar surface area (TPSA) is 38.3 Å². The Bertz CT molecular complexity index is 462. The Morgan fingerprint density at radius 1 is 1.44 bits per heavy atom. The van der Waals surface area contributed by atoms with Crippen molar-refractivity contribution in [2.24, 2.45) is 0 Å². The number of anilines is 1. The lowest BCUT2D eigenvalue weighted by atomic mass is 10.1. The predicted molar refractivity (Wildman–Crippen MR) is 66.3 cm³/mol. The van der Waals surface area contributed by atoms with E-state index >= 15 is 0 Å². The average molecular weight is 320 g/mol. The van der Waals surface area contributed by atoms with Crippen molar-refractivity contribution >= 4 is 27.5 Å². The van der Waals surface area contributed by atoms with Crippen molar-refractivity contribution in [3.63, 3.8) is 0 Å². The molecule has 0 saturated carbocycles. The van der Waals surface area contributed by atoms with E-state index < -0.39 is 11.6 Å². The Morgan fingerprint density at radius 2 is 2.22 bits per heavy atom. The summed E-state index contributed by atoms with van der Waals surface area (Å²) in [5.41, 5.74) is -0.154. The van der Waals surface area contributed by atoms with Crippen LogP contribution in [0, 0.1) is 11.6 Å². The zero-order valence-corrected chi connectivity index (χ0v) is 11.1. The Balaban J connectivity index is 2.00. The summed E-state index contributed by atoms with van der Waals surface area (Å²) in [7, 11) is 0. The summed E-state index contributed by atoms with van der Waals surface area (Å²) in [6.07, 6.45) is 1.80. The lowest BCUT2D eigenvalue weighted by Gasteiger charge is -2.10. The van der Waals surface area contributed by atoms with Gasteiger partial charge in [-0.25, -0.2) is 8.78 Å². The van der Waals surface area contributed by atoms with Gasteiger partial charge in [-0.3, -0.25) is 4.79 Å². The monoisotopic (exact) mass is 319 g/mol. The zero-order chi connectivity index (χ0) is 13.1. The van der Waals surface area contributed by atoms with Gasteiger partial charge in [-0.05, 0) is 34.8 Å². The van der Waals surface area contributed by atoms with Gasteiger partial charge in [-0.1, -0.05) is 0 Å². The molecule has 1 unspecified atom stereocenters. The van der Waals surface area contributed by atoms with E-state index in [1.807, 2.05) is 0 Å². The number of hydrogen-bond donors (Lipinski definition) is 1. The van der Waals surface area contributed by atoms with Crippen molar-refractivity contribution in [1.29, 1.82) is 0 Å². The van der Waals surface area contributed by atoms with Crippen molar-refractivity contribution in [3.8, 4) is 0 Å². The average Bonchev–Trinajstić information content (AvgIpc) is 2.78. The van der Waals surface area contributed by atoms with Gasteiger partial charge >= 0.3 is 0 Å². The van der Waals surface area contributed by atoms with Crippen LogP contribution in [0.4, 0.5) is 14.5 Å². The first kappa shape index (κ1) is 13.4. The molecule has 98 valence electrons. The van der Waals surface area contributed by atoms with Crippen LogP contribution in [0.3, 0.4) is 0 Å². The maximum atomic E-state index is 13.5. The number of carbonyl (C=O) groups excluding carboxylic acids is 1. The van der Waals surface area contributed by atoms with Crippen molar-refractivity contribution in [1.82, 2.24) is 0 Å².